The van der Waals surface area contributed by atoms with E-state index in [4.69, 9.17) is 4.74 Å². The fourth-order valence-electron chi connectivity index (χ4n) is 2.51. The van der Waals surface area contributed by atoms with Crippen molar-refractivity contribution < 1.29 is 19.4 Å². The van der Waals surface area contributed by atoms with Gasteiger partial charge in [0.15, 0.2) is 0 Å². The van der Waals surface area contributed by atoms with E-state index in [-0.39, 0.29) is 12.3 Å². The summed E-state index contributed by atoms with van der Waals surface area (Å²) >= 11 is 0. The molecule has 0 fully saturated rings. The summed E-state index contributed by atoms with van der Waals surface area (Å²) in [6.45, 7) is 1.99. The van der Waals surface area contributed by atoms with Crippen LogP contribution in [0.4, 0.5) is 0 Å². The summed E-state index contributed by atoms with van der Waals surface area (Å²) in [4.78, 5) is 26.5. The third kappa shape index (κ3) is 4.25. The third-order valence-corrected chi connectivity index (χ3v) is 3.81. The van der Waals surface area contributed by atoms with Gasteiger partial charge in [0.25, 0.3) is 0 Å². The molecule has 1 atom stereocenters. The number of carboxylic acid groups (broad SMARTS) is 1. The van der Waals surface area contributed by atoms with Gasteiger partial charge < -0.3 is 20.1 Å². The number of hydrogen-bond donors (Lipinski definition) is 3. The van der Waals surface area contributed by atoms with E-state index in [0.29, 0.717) is 12.2 Å². The van der Waals surface area contributed by atoms with Gasteiger partial charge >= 0.3 is 5.97 Å². The Kier molecular flexibility index (Phi) is 5.62. The van der Waals surface area contributed by atoms with E-state index in [1.807, 2.05) is 25.1 Å². The Morgan fingerprint density at radius 2 is 2.17 bits per heavy atom. The fraction of sp³-hybridized carbons (Fsp3) is 0.412. The summed E-state index contributed by atoms with van der Waals surface area (Å²) in [5.74, 6) is -0.574. The molecule has 2 aromatic rings. The summed E-state index contributed by atoms with van der Waals surface area (Å²) < 4.78 is 5.20. The van der Waals surface area contributed by atoms with Crippen LogP contribution < -0.4 is 10.1 Å². The van der Waals surface area contributed by atoms with Crippen LogP contribution in [-0.4, -0.2) is 35.1 Å². The maximum absolute atomic E-state index is 12.2. The Hall–Kier alpha value is -2.50. The average molecular weight is 318 g/mol. The van der Waals surface area contributed by atoms with E-state index >= 15 is 0 Å². The normalized spacial score (nSPS) is 12.1. The van der Waals surface area contributed by atoms with E-state index in [1.165, 1.54) is 0 Å². The molecular weight excluding hydrogens is 296 g/mol. The summed E-state index contributed by atoms with van der Waals surface area (Å²) in [5, 5.41) is 12.7. The largest absolute Gasteiger partial charge is 0.497 e. The van der Waals surface area contributed by atoms with Crippen LogP contribution in [-0.2, 0) is 16.0 Å². The second kappa shape index (κ2) is 7.67. The number of carbonyl (C=O) groups is 2. The molecule has 6 heteroatoms. The number of fused-ring (bicyclic) bond motifs is 1. The first-order chi connectivity index (χ1) is 11.0. The number of unbranched alkanes of at least 4 members (excludes halogenated alkanes) is 1. The molecule has 6 nitrogen and oxygen atoms in total. The maximum atomic E-state index is 12.2. The van der Waals surface area contributed by atoms with Crippen molar-refractivity contribution in [2.45, 2.75) is 38.6 Å². The second-order valence-electron chi connectivity index (χ2n) is 5.50. The summed E-state index contributed by atoms with van der Waals surface area (Å²) in [6, 6.07) is 4.76. The monoisotopic (exact) mass is 318 g/mol. The van der Waals surface area contributed by atoms with E-state index in [0.717, 1.165) is 29.3 Å². The van der Waals surface area contributed by atoms with Crippen LogP contribution in [0.15, 0.2) is 24.4 Å². The minimum absolute atomic E-state index is 0.128. The van der Waals surface area contributed by atoms with Gasteiger partial charge in [0.05, 0.1) is 13.5 Å². The molecule has 2 rings (SSSR count). The molecule has 0 aliphatic carbocycles. The molecule has 0 spiro atoms. The van der Waals surface area contributed by atoms with Crippen LogP contribution in [0.2, 0.25) is 0 Å². The number of rotatable bonds is 8. The van der Waals surface area contributed by atoms with Crippen molar-refractivity contribution in [2.75, 3.05) is 7.11 Å². The highest BCUT2D eigenvalue weighted by Gasteiger charge is 2.20. The highest BCUT2D eigenvalue weighted by Crippen LogP contribution is 2.24. The first kappa shape index (κ1) is 16.9. The van der Waals surface area contributed by atoms with Crippen molar-refractivity contribution in [1.29, 1.82) is 0 Å². The topological polar surface area (TPSA) is 91.4 Å². The predicted octanol–water partition coefficient (Wildman–Crippen LogP) is 2.48. The molecule has 0 bridgehead atoms. The minimum atomic E-state index is -0.993. The lowest BCUT2D eigenvalue weighted by Crippen LogP contribution is -2.41. The zero-order chi connectivity index (χ0) is 16.8. The molecule has 0 saturated heterocycles. The molecule has 0 radical (unpaired) electrons. The van der Waals surface area contributed by atoms with Gasteiger partial charge in [-0.1, -0.05) is 19.8 Å². The molecular formula is C17H22N2O4. The lowest BCUT2D eigenvalue weighted by molar-refractivity contribution is -0.141. The molecule has 23 heavy (non-hydrogen) atoms. The van der Waals surface area contributed by atoms with E-state index in [2.05, 4.69) is 10.3 Å². The van der Waals surface area contributed by atoms with Crippen LogP contribution in [0.3, 0.4) is 0 Å². The Morgan fingerprint density at radius 3 is 2.83 bits per heavy atom. The molecule has 1 aromatic carbocycles. The lowest BCUT2D eigenvalue weighted by Gasteiger charge is -2.13. The number of hydrogen-bond acceptors (Lipinski definition) is 3. The van der Waals surface area contributed by atoms with Crippen LogP contribution in [0, 0.1) is 0 Å². The van der Waals surface area contributed by atoms with E-state index in [9.17, 15) is 14.7 Å². The predicted molar refractivity (Wildman–Crippen MR) is 87.6 cm³/mol. The first-order valence-corrected chi connectivity index (χ1v) is 7.71. The van der Waals surface area contributed by atoms with Crippen LogP contribution in [0.25, 0.3) is 10.9 Å². The zero-order valence-corrected chi connectivity index (χ0v) is 13.4. The minimum Gasteiger partial charge on any atom is -0.497 e. The van der Waals surface area contributed by atoms with Crippen molar-refractivity contribution in [1.82, 2.24) is 10.3 Å². The molecule has 1 aromatic heterocycles. The molecule has 1 amide bonds. The summed E-state index contributed by atoms with van der Waals surface area (Å²) in [6.07, 6.45) is 4.00. The molecule has 3 N–H and O–H groups in total. The Morgan fingerprint density at radius 1 is 1.39 bits per heavy atom. The number of ether oxygens (including phenoxy) is 1. The molecule has 124 valence electrons. The van der Waals surface area contributed by atoms with Crippen LogP contribution in [0.1, 0.15) is 31.7 Å². The standard InChI is InChI=1S/C17H22N2O4/c1-3-4-5-15(17(21)22)19-16(20)8-11-10-18-14-7-6-12(23-2)9-13(11)14/h6-7,9-10,15,18H,3-5,8H2,1-2H3,(H,19,20)(H,21,22). The van der Waals surface area contributed by atoms with Crippen molar-refractivity contribution in [3.63, 3.8) is 0 Å². The number of aromatic nitrogens is 1. The van der Waals surface area contributed by atoms with Gasteiger partial charge in [-0.05, 0) is 30.2 Å². The number of benzene rings is 1. The number of carboxylic acids is 1. The number of methoxy groups -OCH3 is 1. The Labute approximate surface area is 134 Å². The Bertz CT molecular complexity index is 693. The number of amides is 1. The SMILES string of the molecule is CCCCC(NC(=O)Cc1c[nH]c2ccc(OC)cc12)C(=O)O. The third-order valence-electron chi connectivity index (χ3n) is 3.81. The summed E-state index contributed by atoms with van der Waals surface area (Å²) in [7, 11) is 1.59. The van der Waals surface area contributed by atoms with Gasteiger partial charge in [-0.15, -0.1) is 0 Å². The van der Waals surface area contributed by atoms with Gasteiger partial charge in [0, 0.05) is 17.1 Å². The zero-order valence-electron chi connectivity index (χ0n) is 13.4. The summed E-state index contributed by atoms with van der Waals surface area (Å²) in [5.41, 5.74) is 1.73. The molecule has 1 heterocycles. The number of carbonyl (C=O) groups excluding carboxylic acids is 1. The van der Waals surface area contributed by atoms with E-state index < -0.39 is 12.0 Å². The van der Waals surface area contributed by atoms with Gasteiger partial charge in [-0.25, -0.2) is 4.79 Å². The highest BCUT2D eigenvalue weighted by atomic mass is 16.5. The smallest absolute Gasteiger partial charge is 0.326 e. The van der Waals surface area contributed by atoms with Crippen molar-refractivity contribution in [3.8, 4) is 5.75 Å². The number of aliphatic carboxylic acids is 1. The average Bonchev–Trinajstić information content (AvgIpc) is 2.93. The first-order valence-electron chi connectivity index (χ1n) is 7.71. The van der Waals surface area contributed by atoms with Crippen molar-refractivity contribution in [2.24, 2.45) is 0 Å². The van der Waals surface area contributed by atoms with E-state index in [1.54, 1.807) is 13.3 Å². The molecule has 0 aliphatic rings. The van der Waals surface area contributed by atoms with Crippen LogP contribution >= 0.6 is 0 Å². The maximum Gasteiger partial charge on any atom is 0.326 e. The second-order valence-corrected chi connectivity index (χ2v) is 5.50. The number of aromatic amines is 1. The fourth-order valence-corrected chi connectivity index (χ4v) is 2.51. The van der Waals surface area contributed by atoms with Gasteiger partial charge in [-0.3, -0.25) is 4.79 Å². The Balaban J connectivity index is 2.08. The van der Waals surface area contributed by atoms with Gasteiger partial charge in [0.1, 0.15) is 11.8 Å². The molecule has 1 unspecified atom stereocenters. The van der Waals surface area contributed by atoms with Gasteiger partial charge in [-0.2, -0.15) is 0 Å². The highest BCUT2D eigenvalue weighted by molar-refractivity contribution is 5.91. The lowest BCUT2D eigenvalue weighted by atomic mass is 10.1. The quantitative estimate of drug-likeness (QED) is 0.697. The molecule has 0 aliphatic heterocycles. The van der Waals surface area contributed by atoms with Crippen molar-refractivity contribution in [3.05, 3.63) is 30.0 Å². The number of nitrogens with one attached hydrogen (secondary N) is 2. The van der Waals surface area contributed by atoms with Crippen molar-refractivity contribution >= 4 is 22.8 Å². The van der Waals surface area contributed by atoms with Gasteiger partial charge in [0.2, 0.25) is 5.91 Å². The number of H-pyrrole nitrogens is 1. The molecule has 0 saturated carbocycles. The van der Waals surface area contributed by atoms with Crippen LogP contribution in [0.5, 0.6) is 5.75 Å².